The van der Waals surface area contributed by atoms with E-state index in [0.717, 1.165) is 21.3 Å². The highest BCUT2D eigenvalue weighted by atomic mass is 79.9. The molecule has 2 aromatic carbocycles. The fourth-order valence-corrected chi connectivity index (χ4v) is 3.12. The van der Waals surface area contributed by atoms with Crippen LogP contribution in [0.15, 0.2) is 45.7 Å². The third kappa shape index (κ3) is 3.59. The Hall–Kier alpha value is -3.06. The number of H-pyrrole nitrogens is 1. The summed E-state index contributed by atoms with van der Waals surface area (Å²) in [5.74, 6) is -0.987. The van der Waals surface area contributed by atoms with Gasteiger partial charge in [0.05, 0.1) is 21.8 Å². The molecule has 0 saturated heterocycles. The van der Waals surface area contributed by atoms with Crippen molar-refractivity contribution in [2.24, 2.45) is 0 Å². The fraction of sp³-hybridized carbons (Fsp3) is 0.100. The topological polar surface area (TPSA) is 87.1 Å². The molecule has 0 fully saturated rings. The van der Waals surface area contributed by atoms with Gasteiger partial charge in [-0.1, -0.05) is 22.5 Å². The van der Waals surface area contributed by atoms with E-state index in [0.29, 0.717) is 16.3 Å². The highest BCUT2D eigenvalue weighted by Gasteiger charge is 2.10. The average molecular weight is 428 g/mol. The van der Waals surface area contributed by atoms with Crippen LogP contribution in [0.25, 0.3) is 18.5 Å². The van der Waals surface area contributed by atoms with Gasteiger partial charge in [-0.25, -0.2) is 9.48 Å². The predicted octanol–water partition coefficient (Wildman–Crippen LogP) is 2.50. The van der Waals surface area contributed by atoms with Crippen molar-refractivity contribution in [3.8, 4) is 5.69 Å². The van der Waals surface area contributed by atoms with Gasteiger partial charge in [-0.2, -0.15) is 0 Å². The van der Waals surface area contributed by atoms with Gasteiger partial charge in [-0.05, 0) is 61.4 Å². The maximum absolute atomic E-state index is 12.8. The molecule has 27 heavy (non-hydrogen) atoms. The minimum atomic E-state index is -0.987. The zero-order valence-electron chi connectivity index (χ0n) is 14.8. The number of aromatic amines is 1. The molecule has 0 spiro atoms. The standard InChI is InChI=1S/C20H18BrN3O3/c1-11-12(2)18(9-8-17(11)21)24-19(25)16(13(3)23-24)10-22-15-6-4-14(5-7-15)20(26)27/h4-10,22-23H,3H2,1-2H3,(H,26,27). The minimum absolute atomic E-state index is 0.198. The van der Waals surface area contributed by atoms with Crippen molar-refractivity contribution in [3.05, 3.63) is 78.5 Å². The summed E-state index contributed by atoms with van der Waals surface area (Å²) in [5.41, 5.74) is 3.44. The summed E-state index contributed by atoms with van der Waals surface area (Å²) in [7, 11) is 0. The number of carboxylic acid groups (broad SMARTS) is 1. The largest absolute Gasteiger partial charge is 0.478 e. The van der Waals surface area contributed by atoms with E-state index in [4.69, 9.17) is 5.11 Å². The maximum Gasteiger partial charge on any atom is 0.335 e. The average Bonchev–Trinajstić information content (AvgIpc) is 2.92. The van der Waals surface area contributed by atoms with Gasteiger partial charge in [0.15, 0.2) is 0 Å². The molecule has 0 radical (unpaired) electrons. The first-order chi connectivity index (χ1) is 12.8. The van der Waals surface area contributed by atoms with E-state index < -0.39 is 5.97 Å². The zero-order chi connectivity index (χ0) is 19.7. The van der Waals surface area contributed by atoms with Crippen LogP contribution >= 0.6 is 15.9 Å². The Morgan fingerprint density at radius 3 is 2.48 bits per heavy atom. The van der Waals surface area contributed by atoms with E-state index >= 15 is 0 Å². The lowest BCUT2D eigenvalue weighted by Crippen LogP contribution is -2.35. The second-order valence-corrected chi connectivity index (χ2v) is 6.99. The van der Waals surface area contributed by atoms with E-state index in [2.05, 4.69) is 32.9 Å². The lowest BCUT2D eigenvalue weighted by atomic mass is 10.1. The van der Waals surface area contributed by atoms with Crippen LogP contribution in [0.4, 0.5) is 5.69 Å². The number of aromatic carboxylic acids is 1. The van der Waals surface area contributed by atoms with Crippen molar-refractivity contribution in [2.45, 2.75) is 13.8 Å². The van der Waals surface area contributed by atoms with Crippen molar-refractivity contribution in [1.82, 2.24) is 9.78 Å². The molecule has 0 saturated carbocycles. The number of carbonyl (C=O) groups is 1. The van der Waals surface area contributed by atoms with Gasteiger partial charge in [-0.15, -0.1) is 0 Å². The molecule has 0 aliphatic heterocycles. The quantitative estimate of drug-likeness (QED) is 0.596. The number of nitrogens with one attached hydrogen (secondary N) is 2. The fourth-order valence-electron chi connectivity index (χ4n) is 2.69. The molecule has 7 heteroatoms. The Morgan fingerprint density at radius 2 is 1.85 bits per heavy atom. The van der Waals surface area contributed by atoms with Crippen LogP contribution in [0.5, 0.6) is 0 Å². The van der Waals surface area contributed by atoms with Crippen molar-refractivity contribution >= 4 is 40.4 Å². The van der Waals surface area contributed by atoms with Gasteiger partial charge < -0.3 is 10.4 Å². The molecule has 0 atom stereocenters. The number of benzene rings is 2. The van der Waals surface area contributed by atoms with Crippen LogP contribution in [0, 0.1) is 13.8 Å². The van der Waals surface area contributed by atoms with Gasteiger partial charge in [0, 0.05) is 16.4 Å². The number of halogens is 1. The highest BCUT2D eigenvalue weighted by molar-refractivity contribution is 9.10. The van der Waals surface area contributed by atoms with Gasteiger partial charge in [0.2, 0.25) is 0 Å². The van der Waals surface area contributed by atoms with E-state index in [1.54, 1.807) is 18.3 Å². The summed E-state index contributed by atoms with van der Waals surface area (Å²) in [6, 6.07) is 10.0. The molecule has 0 aliphatic carbocycles. The van der Waals surface area contributed by atoms with Crippen molar-refractivity contribution in [2.75, 3.05) is 5.32 Å². The normalized spacial score (nSPS) is 11.6. The summed E-state index contributed by atoms with van der Waals surface area (Å²) < 4.78 is 2.45. The van der Waals surface area contributed by atoms with Crippen LogP contribution in [-0.4, -0.2) is 20.9 Å². The van der Waals surface area contributed by atoms with Gasteiger partial charge >= 0.3 is 5.97 Å². The van der Waals surface area contributed by atoms with E-state index in [1.165, 1.54) is 16.8 Å². The Balaban J connectivity index is 2.00. The summed E-state index contributed by atoms with van der Waals surface area (Å²) >= 11 is 3.49. The Bertz CT molecular complexity index is 1190. The smallest absolute Gasteiger partial charge is 0.335 e. The number of rotatable bonds is 4. The third-order valence-electron chi connectivity index (χ3n) is 4.45. The lowest BCUT2D eigenvalue weighted by Gasteiger charge is -2.10. The van der Waals surface area contributed by atoms with Crippen molar-refractivity contribution < 1.29 is 9.90 Å². The molecule has 0 aliphatic rings. The molecule has 0 bridgehead atoms. The number of aromatic nitrogens is 2. The first kappa shape index (κ1) is 18.7. The molecule has 0 amide bonds. The Morgan fingerprint density at radius 1 is 1.19 bits per heavy atom. The van der Waals surface area contributed by atoms with Crippen LogP contribution in [0.3, 0.4) is 0 Å². The summed E-state index contributed by atoms with van der Waals surface area (Å²) in [6.45, 7) is 7.85. The summed E-state index contributed by atoms with van der Waals surface area (Å²) in [5, 5.41) is 15.8. The molecule has 3 aromatic rings. The zero-order valence-corrected chi connectivity index (χ0v) is 16.4. The van der Waals surface area contributed by atoms with Gasteiger partial charge in [0.25, 0.3) is 5.56 Å². The molecule has 3 N–H and O–H groups in total. The van der Waals surface area contributed by atoms with E-state index in [9.17, 15) is 9.59 Å². The van der Waals surface area contributed by atoms with Crippen LogP contribution in [0.1, 0.15) is 21.5 Å². The van der Waals surface area contributed by atoms with Crippen LogP contribution < -0.4 is 21.4 Å². The first-order valence-electron chi connectivity index (χ1n) is 8.15. The number of carboxylic acids is 1. The maximum atomic E-state index is 12.8. The number of nitrogens with zero attached hydrogens (tertiary/aromatic N) is 1. The molecular weight excluding hydrogens is 410 g/mol. The number of anilines is 1. The molecule has 3 rings (SSSR count). The minimum Gasteiger partial charge on any atom is -0.478 e. The van der Waals surface area contributed by atoms with E-state index in [1.807, 2.05) is 26.0 Å². The van der Waals surface area contributed by atoms with Crippen molar-refractivity contribution in [1.29, 1.82) is 0 Å². The van der Waals surface area contributed by atoms with Crippen molar-refractivity contribution in [3.63, 3.8) is 0 Å². The lowest BCUT2D eigenvalue weighted by molar-refractivity contribution is 0.0697. The predicted molar refractivity (Wildman–Crippen MR) is 110 cm³/mol. The molecule has 1 heterocycles. The van der Waals surface area contributed by atoms with Crippen LogP contribution in [0.2, 0.25) is 0 Å². The Kier molecular flexibility index (Phi) is 5.05. The molecule has 0 unspecified atom stereocenters. The molecule has 6 nitrogen and oxygen atoms in total. The van der Waals surface area contributed by atoms with Gasteiger partial charge in [-0.3, -0.25) is 9.89 Å². The second-order valence-electron chi connectivity index (χ2n) is 6.13. The first-order valence-corrected chi connectivity index (χ1v) is 8.95. The molecule has 138 valence electrons. The molecular formula is C20H18BrN3O3. The Labute approximate surface area is 163 Å². The van der Waals surface area contributed by atoms with Crippen LogP contribution in [-0.2, 0) is 0 Å². The number of hydrogen-bond acceptors (Lipinski definition) is 3. The highest BCUT2D eigenvalue weighted by Crippen LogP contribution is 2.23. The van der Waals surface area contributed by atoms with Gasteiger partial charge in [0.1, 0.15) is 0 Å². The third-order valence-corrected chi connectivity index (χ3v) is 5.31. The number of hydrogen-bond donors (Lipinski definition) is 3. The molecule has 1 aromatic heterocycles. The van der Waals surface area contributed by atoms with E-state index in [-0.39, 0.29) is 11.1 Å². The second kappa shape index (κ2) is 7.28. The SMILES string of the molecule is C=c1[nH]n(-c2ccc(Br)c(C)c2C)c(=O)c1=CNc1ccc(C(=O)O)cc1. The summed E-state index contributed by atoms with van der Waals surface area (Å²) in [6.07, 6.45) is 1.56. The summed E-state index contributed by atoms with van der Waals surface area (Å²) in [4.78, 5) is 23.7. The monoisotopic (exact) mass is 427 g/mol.